The van der Waals surface area contributed by atoms with E-state index in [0.717, 1.165) is 35.5 Å². The molecule has 2 heterocycles. The molecule has 2 aromatic carbocycles. The van der Waals surface area contributed by atoms with E-state index in [-0.39, 0.29) is 11.2 Å². The van der Waals surface area contributed by atoms with Gasteiger partial charge in [0.05, 0.1) is 12.1 Å². The third-order valence-electron chi connectivity index (χ3n) is 5.53. The van der Waals surface area contributed by atoms with Gasteiger partial charge in [0, 0.05) is 38.8 Å². The van der Waals surface area contributed by atoms with Gasteiger partial charge in [-0.05, 0) is 18.1 Å². The molecule has 0 unspecified atom stereocenters. The van der Waals surface area contributed by atoms with Crippen molar-refractivity contribution in [1.82, 2.24) is 14.0 Å². The van der Waals surface area contributed by atoms with Crippen LogP contribution in [-0.4, -0.2) is 20.6 Å². The SMILES string of the molecule is Cc1ccc(Cn2c(=O)c3c(n(C)c2=O)CCN(Cc2ccccc2)C3)cc1. The first kappa shape index (κ1) is 18.4. The highest BCUT2D eigenvalue weighted by Crippen LogP contribution is 2.17. The summed E-state index contributed by atoms with van der Waals surface area (Å²) in [5, 5.41) is 0. The highest BCUT2D eigenvalue weighted by Gasteiger charge is 2.24. The second-order valence-electron chi connectivity index (χ2n) is 7.59. The zero-order valence-corrected chi connectivity index (χ0v) is 16.4. The molecule has 144 valence electrons. The largest absolute Gasteiger partial charge is 0.331 e. The molecule has 1 aromatic heterocycles. The molecule has 5 heteroatoms. The van der Waals surface area contributed by atoms with Crippen LogP contribution in [0.2, 0.25) is 0 Å². The number of fused-ring (bicyclic) bond motifs is 1. The molecule has 1 aliphatic heterocycles. The zero-order chi connectivity index (χ0) is 19.7. The van der Waals surface area contributed by atoms with E-state index in [1.807, 2.05) is 49.4 Å². The first-order chi connectivity index (χ1) is 13.5. The Morgan fingerprint density at radius 3 is 2.29 bits per heavy atom. The van der Waals surface area contributed by atoms with Crippen LogP contribution in [0.3, 0.4) is 0 Å². The van der Waals surface area contributed by atoms with Crippen LogP contribution in [0.5, 0.6) is 0 Å². The molecule has 4 rings (SSSR count). The molecule has 0 atom stereocenters. The lowest BCUT2D eigenvalue weighted by Crippen LogP contribution is -2.47. The Balaban J connectivity index is 1.67. The lowest BCUT2D eigenvalue weighted by molar-refractivity contribution is 0.237. The van der Waals surface area contributed by atoms with Crippen LogP contribution in [0.1, 0.15) is 27.9 Å². The standard InChI is InChI=1S/C23H25N3O2/c1-17-8-10-19(11-9-17)15-26-22(27)20-16-25(14-18-6-4-3-5-7-18)13-12-21(20)24(2)23(26)28/h3-11H,12-16H2,1-2H3. The topological polar surface area (TPSA) is 47.2 Å². The monoisotopic (exact) mass is 375 g/mol. The van der Waals surface area contributed by atoms with Gasteiger partial charge in [0.1, 0.15) is 0 Å². The van der Waals surface area contributed by atoms with Crippen LogP contribution in [0.4, 0.5) is 0 Å². The molecular weight excluding hydrogens is 350 g/mol. The highest BCUT2D eigenvalue weighted by molar-refractivity contribution is 5.25. The van der Waals surface area contributed by atoms with Gasteiger partial charge in [-0.3, -0.25) is 14.3 Å². The van der Waals surface area contributed by atoms with Gasteiger partial charge in [-0.2, -0.15) is 0 Å². The second-order valence-corrected chi connectivity index (χ2v) is 7.59. The first-order valence-corrected chi connectivity index (χ1v) is 9.66. The summed E-state index contributed by atoms with van der Waals surface area (Å²) >= 11 is 0. The fourth-order valence-electron chi connectivity index (χ4n) is 3.91. The average Bonchev–Trinajstić information content (AvgIpc) is 2.72. The average molecular weight is 375 g/mol. The molecule has 0 saturated heterocycles. The molecule has 5 nitrogen and oxygen atoms in total. The molecule has 0 N–H and O–H groups in total. The van der Waals surface area contributed by atoms with Crippen LogP contribution < -0.4 is 11.2 Å². The molecule has 0 bridgehead atoms. The minimum Gasteiger partial charge on any atom is -0.300 e. The second kappa shape index (κ2) is 7.60. The Labute approximate surface area is 164 Å². The molecule has 0 saturated carbocycles. The van der Waals surface area contributed by atoms with E-state index in [2.05, 4.69) is 17.0 Å². The number of rotatable bonds is 4. The summed E-state index contributed by atoms with van der Waals surface area (Å²) in [5.74, 6) is 0. The van der Waals surface area contributed by atoms with E-state index in [4.69, 9.17) is 0 Å². The predicted octanol–water partition coefficient (Wildman–Crippen LogP) is 2.46. The van der Waals surface area contributed by atoms with E-state index < -0.39 is 0 Å². The number of hydrogen-bond acceptors (Lipinski definition) is 3. The Morgan fingerprint density at radius 2 is 1.57 bits per heavy atom. The van der Waals surface area contributed by atoms with Gasteiger partial charge in [0.25, 0.3) is 5.56 Å². The summed E-state index contributed by atoms with van der Waals surface area (Å²) < 4.78 is 3.03. The molecule has 0 amide bonds. The molecule has 0 aliphatic carbocycles. The smallest absolute Gasteiger partial charge is 0.300 e. The number of nitrogens with zero attached hydrogens (tertiary/aromatic N) is 3. The van der Waals surface area contributed by atoms with Gasteiger partial charge in [-0.25, -0.2) is 4.79 Å². The maximum Gasteiger partial charge on any atom is 0.331 e. The maximum absolute atomic E-state index is 13.2. The lowest BCUT2D eigenvalue weighted by atomic mass is 10.1. The van der Waals surface area contributed by atoms with Gasteiger partial charge in [0.2, 0.25) is 0 Å². The minimum atomic E-state index is -0.235. The summed E-state index contributed by atoms with van der Waals surface area (Å²) in [7, 11) is 1.78. The van der Waals surface area contributed by atoms with Gasteiger partial charge in [0.15, 0.2) is 0 Å². The van der Waals surface area contributed by atoms with Crippen LogP contribution in [0.15, 0.2) is 64.2 Å². The Bertz CT molecular complexity index is 1100. The quantitative estimate of drug-likeness (QED) is 0.704. The molecule has 1 aliphatic rings. The zero-order valence-electron chi connectivity index (χ0n) is 16.4. The lowest BCUT2D eigenvalue weighted by Gasteiger charge is -2.29. The van der Waals surface area contributed by atoms with Crippen LogP contribution in [-0.2, 0) is 33.1 Å². The van der Waals surface area contributed by atoms with E-state index >= 15 is 0 Å². The number of hydrogen-bond donors (Lipinski definition) is 0. The van der Waals surface area contributed by atoms with Crippen molar-refractivity contribution in [3.8, 4) is 0 Å². The molecule has 0 radical (unpaired) electrons. The predicted molar refractivity (Wildman–Crippen MR) is 110 cm³/mol. The molecule has 28 heavy (non-hydrogen) atoms. The van der Waals surface area contributed by atoms with Crippen molar-refractivity contribution >= 4 is 0 Å². The third kappa shape index (κ3) is 3.58. The Morgan fingerprint density at radius 1 is 0.893 bits per heavy atom. The van der Waals surface area contributed by atoms with Crippen molar-refractivity contribution in [3.05, 3.63) is 103 Å². The number of benzene rings is 2. The number of aromatic nitrogens is 2. The normalized spacial score (nSPS) is 14.1. The van der Waals surface area contributed by atoms with Gasteiger partial charge < -0.3 is 4.57 Å². The first-order valence-electron chi connectivity index (χ1n) is 9.66. The van der Waals surface area contributed by atoms with Crippen LogP contribution >= 0.6 is 0 Å². The van der Waals surface area contributed by atoms with Crippen molar-refractivity contribution in [2.75, 3.05) is 6.54 Å². The maximum atomic E-state index is 13.2. The van der Waals surface area contributed by atoms with E-state index in [9.17, 15) is 9.59 Å². The summed E-state index contributed by atoms with van der Waals surface area (Å²) in [6.07, 6.45) is 0.717. The van der Waals surface area contributed by atoms with Crippen molar-refractivity contribution in [2.24, 2.45) is 7.05 Å². The summed E-state index contributed by atoms with van der Waals surface area (Å²) in [4.78, 5) is 28.3. The van der Waals surface area contributed by atoms with Crippen molar-refractivity contribution in [3.63, 3.8) is 0 Å². The molecule has 0 fully saturated rings. The summed E-state index contributed by atoms with van der Waals surface area (Å²) in [6, 6.07) is 18.2. The van der Waals surface area contributed by atoms with E-state index in [1.165, 1.54) is 10.1 Å². The molecule has 0 spiro atoms. The van der Waals surface area contributed by atoms with Gasteiger partial charge in [-0.15, -0.1) is 0 Å². The summed E-state index contributed by atoms with van der Waals surface area (Å²) in [6.45, 7) is 4.55. The van der Waals surface area contributed by atoms with E-state index in [0.29, 0.717) is 19.5 Å². The van der Waals surface area contributed by atoms with Gasteiger partial charge in [-0.1, -0.05) is 60.2 Å². The highest BCUT2D eigenvalue weighted by atomic mass is 16.2. The number of aryl methyl sites for hydroxylation is 1. The van der Waals surface area contributed by atoms with Crippen molar-refractivity contribution < 1.29 is 0 Å². The Kier molecular flexibility index (Phi) is 5.01. The minimum absolute atomic E-state index is 0.156. The summed E-state index contributed by atoms with van der Waals surface area (Å²) in [5.41, 5.74) is 4.58. The van der Waals surface area contributed by atoms with Crippen LogP contribution in [0.25, 0.3) is 0 Å². The molecular formula is C23H25N3O2. The molecule has 3 aromatic rings. The van der Waals surface area contributed by atoms with Crippen molar-refractivity contribution in [2.45, 2.75) is 33.0 Å². The fraction of sp³-hybridized carbons (Fsp3) is 0.304. The van der Waals surface area contributed by atoms with Crippen LogP contribution in [0, 0.1) is 6.92 Å². The van der Waals surface area contributed by atoms with E-state index in [1.54, 1.807) is 11.6 Å². The van der Waals surface area contributed by atoms with Gasteiger partial charge >= 0.3 is 5.69 Å². The van der Waals surface area contributed by atoms with Crippen molar-refractivity contribution in [1.29, 1.82) is 0 Å². The fourth-order valence-corrected chi connectivity index (χ4v) is 3.91. The third-order valence-corrected chi connectivity index (χ3v) is 5.53. The Hall–Kier alpha value is -2.92.